The highest BCUT2D eigenvalue weighted by Crippen LogP contribution is 2.16. The van der Waals surface area contributed by atoms with Gasteiger partial charge in [0, 0.05) is 0 Å². The molecule has 0 amide bonds. The van der Waals surface area contributed by atoms with Crippen molar-refractivity contribution < 1.29 is 0 Å². The van der Waals surface area contributed by atoms with E-state index in [2.05, 4.69) is 31.2 Å². The second-order valence-corrected chi connectivity index (χ2v) is 11.7. The van der Waals surface area contributed by atoms with Crippen LogP contribution in [-0.2, 0) is 6.42 Å². The molecular weight excluding hydrogens is 315 g/mol. The van der Waals surface area contributed by atoms with Crippen LogP contribution in [0.2, 0.25) is 0 Å². The number of aryl methyl sites for hydroxylation is 1. The van der Waals surface area contributed by atoms with Crippen LogP contribution in [0.5, 0.6) is 0 Å². The molecule has 0 aliphatic heterocycles. The van der Waals surface area contributed by atoms with Gasteiger partial charge in [0.1, 0.15) is 0 Å². The van der Waals surface area contributed by atoms with Gasteiger partial charge in [0.05, 0.1) is 0 Å². The van der Waals surface area contributed by atoms with E-state index in [1.54, 1.807) is 0 Å². The van der Waals surface area contributed by atoms with Crippen molar-refractivity contribution in [3.63, 3.8) is 0 Å². The lowest BCUT2D eigenvalue weighted by Crippen LogP contribution is -2.48. The van der Waals surface area contributed by atoms with Crippen LogP contribution in [0.4, 0.5) is 0 Å². The Kier molecular flexibility index (Phi) is 6.34. The fourth-order valence-electron chi connectivity index (χ4n) is 2.45. The topological polar surface area (TPSA) is 0 Å². The number of hydrogen-bond acceptors (Lipinski definition) is 0. The van der Waals surface area contributed by atoms with Crippen LogP contribution in [0.3, 0.4) is 0 Å². The zero-order chi connectivity index (χ0) is 15.1. The molecule has 0 heterocycles. The van der Waals surface area contributed by atoms with Crippen molar-refractivity contribution in [3.8, 4) is 0 Å². The van der Waals surface area contributed by atoms with Crippen LogP contribution < -0.4 is 10.4 Å². The lowest BCUT2D eigenvalue weighted by atomic mass is 10.1. The number of benzene rings is 2. The highest BCUT2D eigenvalue weighted by molar-refractivity contribution is 7.56. The van der Waals surface area contributed by atoms with Crippen molar-refractivity contribution in [2.45, 2.75) is 39.0 Å². The Morgan fingerprint density at radius 2 is 1.38 bits per heavy atom. The van der Waals surface area contributed by atoms with E-state index in [4.69, 9.17) is 22.2 Å². The Balaban J connectivity index is 2.04. The summed E-state index contributed by atoms with van der Waals surface area (Å²) in [4.78, 5) is 0. The van der Waals surface area contributed by atoms with E-state index in [9.17, 15) is 0 Å². The van der Waals surface area contributed by atoms with Gasteiger partial charge in [-0.25, -0.2) is 0 Å². The van der Waals surface area contributed by atoms with Crippen molar-refractivity contribution >= 4 is 39.2 Å². The largest absolute Gasteiger partial charge is 0.310 e. The average molecular weight is 337 g/mol. The average Bonchev–Trinajstić information content (AvgIpc) is 2.53. The lowest BCUT2D eigenvalue weighted by molar-refractivity contribution is 0.667. The minimum Gasteiger partial charge on any atom is -0.134 e. The van der Waals surface area contributed by atoms with E-state index in [0.29, 0.717) is 0 Å². The monoisotopic (exact) mass is 336 g/mol. The summed E-state index contributed by atoms with van der Waals surface area (Å²) >= 11 is 13.4. The van der Waals surface area contributed by atoms with Crippen LogP contribution in [0.1, 0.15) is 38.2 Å². The van der Waals surface area contributed by atoms with Gasteiger partial charge in [0.2, 0.25) is 0 Å². The molecule has 21 heavy (non-hydrogen) atoms. The van der Waals surface area contributed by atoms with Gasteiger partial charge in [-0.05, 0) is 28.8 Å². The number of unbranched alkanes of at least 4 members (excludes halogenated alkanes) is 3. The van der Waals surface area contributed by atoms with Crippen molar-refractivity contribution in [2.75, 3.05) is 0 Å². The Bertz CT molecular complexity index is 535. The second-order valence-electron chi connectivity index (χ2n) is 5.45. The lowest BCUT2D eigenvalue weighted by Gasteiger charge is -2.18. The predicted molar refractivity (Wildman–Crippen MR) is 97.5 cm³/mol. The minimum atomic E-state index is -2.58. The van der Waals surface area contributed by atoms with E-state index in [1.807, 2.05) is 30.3 Å². The first-order valence-electron chi connectivity index (χ1n) is 7.67. The maximum Gasteiger partial charge on any atom is 0.310 e. The molecule has 2 aromatic rings. The fraction of sp³-hybridized carbons (Fsp3) is 0.333. The minimum absolute atomic E-state index is 1.05. The van der Waals surface area contributed by atoms with Crippen molar-refractivity contribution in [1.29, 1.82) is 0 Å². The molecule has 0 aliphatic rings. The first kappa shape index (κ1) is 16.6. The van der Waals surface area contributed by atoms with Crippen LogP contribution in [0, 0.1) is 0 Å². The smallest absolute Gasteiger partial charge is 0.134 e. The molecular formula is C18H22Cl2Si. The highest BCUT2D eigenvalue weighted by Gasteiger charge is 2.33. The van der Waals surface area contributed by atoms with Gasteiger partial charge >= 0.3 is 6.69 Å². The summed E-state index contributed by atoms with van der Waals surface area (Å²) in [6.07, 6.45) is 6.32. The van der Waals surface area contributed by atoms with Crippen LogP contribution in [0.25, 0.3) is 0 Å². The van der Waals surface area contributed by atoms with Gasteiger partial charge < -0.3 is 0 Å². The van der Waals surface area contributed by atoms with Crippen molar-refractivity contribution in [2.24, 2.45) is 0 Å². The van der Waals surface area contributed by atoms with Gasteiger partial charge in [-0.1, -0.05) is 80.8 Å². The zero-order valence-corrected chi connectivity index (χ0v) is 15.0. The molecule has 0 bridgehead atoms. The van der Waals surface area contributed by atoms with Gasteiger partial charge in [0.25, 0.3) is 0 Å². The van der Waals surface area contributed by atoms with E-state index in [0.717, 1.165) is 16.8 Å². The molecule has 0 aromatic heterocycles. The number of rotatable bonds is 7. The third-order valence-corrected chi connectivity index (χ3v) is 8.51. The van der Waals surface area contributed by atoms with Gasteiger partial charge in [-0.3, -0.25) is 0 Å². The van der Waals surface area contributed by atoms with E-state index >= 15 is 0 Å². The molecule has 112 valence electrons. The van der Waals surface area contributed by atoms with E-state index < -0.39 is 6.69 Å². The zero-order valence-electron chi connectivity index (χ0n) is 12.5. The first-order valence-corrected chi connectivity index (χ1v) is 11.7. The summed E-state index contributed by atoms with van der Waals surface area (Å²) < 4.78 is 0. The summed E-state index contributed by atoms with van der Waals surface area (Å²) in [5.74, 6) is 0. The number of hydrogen-bond donors (Lipinski definition) is 0. The molecule has 0 spiro atoms. The summed E-state index contributed by atoms with van der Waals surface area (Å²) in [5, 5.41) is 2.11. The first-order chi connectivity index (χ1) is 10.1. The van der Waals surface area contributed by atoms with Gasteiger partial charge in [-0.2, -0.15) is 0 Å². The quantitative estimate of drug-likeness (QED) is 0.385. The summed E-state index contributed by atoms with van der Waals surface area (Å²) in [5.41, 5.74) is 1.38. The second kappa shape index (κ2) is 8.02. The summed E-state index contributed by atoms with van der Waals surface area (Å²) in [6.45, 7) is -0.338. The molecule has 0 unspecified atom stereocenters. The fourth-order valence-corrected chi connectivity index (χ4v) is 5.49. The molecule has 0 atom stereocenters. The van der Waals surface area contributed by atoms with Crippen LogP contribution in [-0.4, -0.2) is 6.69 Å². The van der Waals surface area contributed by atoms with E-state index in [1.165, 1.54) is 31.2 Å². The third kappa shape index (κ3) is 4.60. The molecule has 0 fully saturated rings. The van der Waals surface area contributed by atoms with E-state index in [-0.39, 0.29) is 0 Å². The van der Waals surface area contributed by atoms with Crippen LogP contribution >= 0.6 is 22.2 Å². The maximum absolute atomic E-state index is 6.69. The Hall–Kier alpha value is -0.763. The standard InChI is InChI=1S/C18H22Cl2Si/c1-2-3-4-6-9-16-12-14-18(15-13-16)21(19,20)17-10-7-5-8-11-17/h5,7-8,10-15H,2-4,6,9H2,1H3. The van der Waals surface area contributed by atoms with Crippen LogP contribution in [0.15, 0.2) is 54.6 Å². The molecule has 0 nitrogen and oxygen atoms in total. The predicted octanol–water partition coefficient (Wildman–Crippen LogP) is 4.84. The highest BCUT2D eigenvalue weighted by atomic mass is 35.7. The molecule has 3 heteroatoms. The molecule has 0 saturated carbocycles. The summed E-state index contributed by atoms with van der Waals surface area (Å²) in [7, 11) is 0. The summed E-state index contributed by atoms with van der Waals surface area (Å²) in [6, 6.07) is 18.6. The molecule has 2 aromatic carbocycles. The molecule has 0 N–H and O–H groups in total. The normalized spacial score (nSPS) is 11.6. The Morgan fingerprint density at radius 1 is 0.762 bits per heavy atom. The molecule has 0 aliphatic carbocycles. The Labute approximate surface area is 138 Å². The maximum atomic E-state index is 6.69. The van der Waals surface area contributed by atoms with Crippen molar-refractivity contribution in [1.82, 2.24) is 0 Å². The molecule has 0 radical (unpaired) electrons. The molecule has 2 rings (SSSR count). The van der Waals surface area contributed by atoms with Crippen molar-refractivity contribution in [3.05, 3.63) is 60.2 Å². The molecule has 0 saturated heterocycles. The van der Waals surface area contributed by atoms with Gasteiger partial charge in [-0.15, -0.1) is 22.2 Å². The third-order valence-electron chi connectivity index (χ3n) is 3.77. The number of halogens is 2. The van der Waals surface area contributed by atoms with Gasteiger partial charge in [0.15, 0.2) is 0 Å². The SMILES string of the molecule is CCCCCCc1ccc([Si](Cl)(Cl)c2ccccc2)cc1. The Morgan fingerprint density at radius 3 is 2.00 bits per heavy atom.